The highest BCUT2D eigenvalue weighted by Crippen LogP contribution is 2.36. The predicted octanol–water partition coefficient (Wildman–Crippen LogP) is 6.34. The Balaban J connectivity index is 1.39. The number of nitrogens with one attached hydrogen (secondary N) is 1. The maximum Gasteiger partial charge on any atom is 0.417 e. The van der Waals surface area contributed by atoms with E-state index in [1.807, 2.05) is 30.5 Å². The third-order valence-electron chi connectivity index (χ3n) is 5.31. The van der Waals surface area contributed by atoms with E-state index in [1.54, 1.807) is 30.3 Å². The van der Waals surface area contributed by atoms with Crippen LogP contribution in [0.25, 0.3) is 11.1 Å². The number of benzene rings is 3. The molecule has 0 aliphatic rings. The topological polar surface area (TPSA) is 52.5 Å². The van der Waals surface area contributed by atoms with Crippen LogP contribution in [0.4, 0.5) is 13.2 Å². The third kappa shape index (κ3) is 5.06. The minimum atomic E-state index is -4.38. The van der Waals surface area contributed by atoms with Crippen LogP contribution < -0.4 is 0 Å². The van der Waals surface area contributed by atoms with E-state index in [1.165, 1.54) is 12.1 Å². The highest BCUT2D eigenvalue weighted by atomic mass is 19.4. The maximum absolute atomic E-state index is 13.3. The summed E-state index contributed by atoms with van der Waals surface area (Å²) < 4.78 is 39.8. The van der Waals surface area contributed by atoms with E-state index >= 15 is 0 Å². The molecule has 4 aromatic rings. The molecule has 0 radical (unpaired) electrons. The number of rotatable bonds is 6. The monoisotopic (exact) mass is 431 g/mol. The lowest BCUT2D eigenvalue weighted by atomic mass is 9.97. The first-order valence-corrected chi connectivity index (χ1v) is 10.2. The second-order valence-corrected chi connectivity index (χ2v) is 7.58. The van der Waals surface area contributed by atoms with E-state index in [-0.39, 0.29) is 5.56 Å². The molecule has 0 amide bonds. The predicted molar refractivity (Wildman–Crippen MR) is 117 cm³/mol. The molecule has 0 aliphatic carbocycles. The summed E-state index contributed by atoms with van der Waals surface area (Å²) >= 11 is 0. The second kappa shape index (κ2) is 9.11. The van der Waals surface area contributed by atoms with Crippen LogP contribution in [0.3, 0.4) is 0 Å². The molecule has 1 aromatic heterocycles. The van der Waals surface area contributed by atoms with E-state index < -0.39 is 11.7 Å². The zero-order valence-corrected chi connectivity index (χ0v) is 17.2. The summed E-state index contributed by atoms with van der Waals surface area (Å²) in [6.45, 7) is 0. The molecule has 32 heavy (non-hydrogen) atoms. The van der Waals surface area contributed by atoms with Crippen LogP contribution in [0.5, 0.6) is 0 Å². The molecule has 3 nitrogen and oxygen atoms in total. The lowest BCUT2D eigenvalue weighted by molar-refractivity contribution is -0.137. The van der Waals surface area contributed by atoms with Gasteiger partial charge in [-0.25, -0.2) is 4.98 Å². The Morgan fingerprint density at radius 2 is 1.53 bits per heavy atom. The first-order chi connectivity index (χ1) is 15.4. The molecular formula is C26H20F3N3. The van der Waals surface area contributed by atoms with Crippen LogP contribution in [0.15, 0.2) is 79.0 Å². The van der Waals surface area contributed by atoms with Crippen molar-refractivity contribution in [1.29, 1.82) is 5.26 Å². The number of alkyl halides is 3. The first-order valence-electron chi connectivity index (χ1n) is 10.2. The molecule has 6 heteroatoms. The molecular weight excluding hydrogens is 411 g/mol. The smallest absolute Gasteiger partial charge is 0.346 e. The number of aromatic amines is 1. The zero-order chi connectivity index (χ0) is 22.6. The fourth-order valence-corrected chi connectivity index (χ4v) is 3.64. The average molecular weight is 431 g/mol. The molecule has 0 spiro atoms. The molecule has 0 bridgehead atoms. The standard InChI is InChI=1S/C26H20F3N3/c27-26(28,29)24-4-2-1-3-23(24)21-12-9-18(10-13-21)11-14-25-31-17-22(32-25)15-19-5-7-20(16-30)8-6-19/h1-10,12-13,17H,11,14-15H2,(H,31,32). The van der Waals surface area contributed by atoms with Gasteiger partial charge in [-0.05, 0) is 46.9 Å². The fraction of sp³-hybridized carbons (Fsp3) is 0.154. The van der Waals surface area contributed by atoms with Gasteiger partial charge in [-0.15, -0.1) is 0 Å². The number of imidazole rings is 1. The van der Waals surface area contributed by atoms with Crippen LogP contribution in [0.1, 0.15) is 33.8 Å². The van der Waals surface area contributed by atoms with Crippen LogP contribution in [0, 0.1) is 11.3 Å². The second-order valence-electron chi connectivity index (χ2n) is 7.58. The van der Waals surface area contributed by atoms with Gasteiger partial charge in [0.15, 0.2) is 0 Å². The van der Waals surface area contributed by atoms with Gasteiger partial charge in [-0.1, -0.05) is 54.6 Å². The van der Waals surface area contributed by atoms with Crippen molar-refractivity contribution in [3.05, 3.63) is 113 Å². The van der Waals surface area contributed by atoms with E-state index in [0.29, 0.717) is 24.0 Å². The molecule has 0 saturated heterocycles. The van der Waals surface area contributed by atoms with Gasteiger partial charge in [0.05, 0.1) is 17.2 Å². The number of hydrogen-bond acceptors (Lipinski definition) is 2. The number of H-pyrrole nitrogens is 1. The van der Waals surface area contributed by atoms with E-state index in [2.05, 4.69) is 16.0 Å². The third-order valence-corrected chi connectivity index (χ3v) is 5.31. The van der Waals surface area contributed by atoms with E-state index in [0.717, 1.165) is 35.1 Å². The molecule has 1 N–H and O–H groups in total. The summed E-state index contributed by atoms with van der Waals surface area (Å²) in [6, 6.07) is 22.4. The van der Waals surface area contributed by atoms with Gasteiger partial charge in [0, 0.05) is 24.7 Å². The lowest BCUT2D eigenvalue weighted by Crippen LogP contribution is -2.06. The Bertz CT molecular complexity index is 1230. The van der Waals surface area contributed by atoms with Gasteiger partial charge >= 0.3 is 6.18 Å². The summed E-state index contributed by atoms with van der Waals surface area (Å²) in [4.78, 5) is 7.75. The minimum absolute atomic E-state index is 0.185. The first kappa shape index (κ1) is 21.4. The largest absolute Gasteiger partial charge is 0.417 e. The molecule has 0 atom stereocenters. The quantitative estimate of drug-likeness (QED) is 0.387. The summed E-state index contributed by atoms with van der Waals surface area (Å²) in [7, 11) is 0. The van der Waals surface area contributed by atoms with E-state index in [4.69, 9.17) is 5.26 Å². The maximum atomic E-state index is 13.3. The van der Waals surface area contributed by atoms with Crippen molar-refractivity contribution in [3.8, 4) is 17.2 Å². The highest BCUT2D eigenvalue weighted by Gasteiger charge is 2.33. The Kier molecular flexibility index (Phi) is 6.09. The Hall–Kier alpha value is -3.85. The summed E-state index contributed by atoms with van der Waals surface area (Å²) in [5.41, 5.74) is 3.85. The molecule has 0 fully saturated rings. The van der Waals surface area contributed by atoms with Crippen molar-refractivity contribution in [2.75, 3.05) is 0 Å². The van der Waals surface area contributed by atoms with Crippen molar-refractivity contribution in [3.63, 3.8) is 0 Å². The minimum Gasteiger partial charge on any atom is -0.346 e. The van der Waals surface area contributed by atoms with Gasteiger partial charge in [-0.3, -0.25) is 0 Å². The molecule has 0 unspecified atom stereocenters. The molecule has 0 saturated carbocycles. The SMILES string of the molecule is N#Cc1ccc(Cc2cnc(CCc3ccc(-c4ccccc4C(F)(F)F)cc3)[nH]2)cc1. The van der Waals surface area contributed by atoms with Crippen LogP contribution in [0.2, 0.25) is 0 Å². The number of aromatic nitrogens is 2. The normalized spacial score (nSPS) is 11.3. The van der Waals surface area contributed by atoms with Gasteiger partial charge in [0.25, 0.3) is 0 Å². The van der Waals surface area contributed by atoms with Crippen LogP contribution in [-0.4, -0.2) is 9.97 Å². The number of halogens is 3. The number of hydrogen-bond donors (Lipinski definition) is 1. The molecule has 160 valence electrons. The van der Waals surface area contributed by atoms with Gasteiger partial charge in [0.2, 0.25) is 0 Å². The summed E-state index contributed by atoms with van der Waals surface area (Å²) in [5.74, 6) is 0.861. The Labute approximate surface area is 184 Å². The number of aryl methyl sites for hydroxylation is 2. The lowest BCUT2D eigenvalue weighted by Gasteiger charge is -2.13. The number of nitriles is 1. The summed E-state index contributed by atoms with van der Waals surface area (Å²) in [5, 5.41) is 8.88. The van der Waals surface area contributed by atoms with Gasteiger partial charge in [0.1, 0.15) is 5.82 Å². The fourth-order valence-electron chi connectivity index (χ4n) is 3.64. The Morgan fingerprint density at radius 3 is 2.22 bits per heavy atom. The average Bonchev–Trinajstić information content (AvgIpc) is 3.25. The van der Waals surface area contributed by atoms with E-state index in [9.17, 15) is 13.2 Å². The molecule has 4 rings (SSSR count). The molecule has 3 aromatic carbocycles. The zero-order valence-electron chi connectivity index (χ0n) is 17.2. The van der Waals surface area contributed by atoms with Crippen LogP contribution in [-0.2, 0) is 25.4 Å². The number of nitrogens with zero attached hydrogens (tertiary/aromatic N) is 2. The van der Waals surface area contributed by atoms with Crippen molar-refractivity contribution in [2.45, 2.75) is 25.4 Å². The van der Waals surface area contributed by atoms with Crippen molar-refractivity contribution in [1.82, 2.24) is 9.97 Å². The molecule has 0 aliphatic heterocycles. The van der Waals surface area contributed by atoms with Crippen LogP contribution >= 0.6 is 0 Å². The molecule has 1 heterocycles. The van der Waals surface area contributed by atoms with Gasteiger partial charge in [-0.2, -0.15) is 18.4 Å². The summed E-state index contributed by atoms with van der Waals surface area (Å²) in [6.07, 6.45) is -0.447. The highest BCUT2D eigenvalue weighted by molar-refractivity contribution is 5.68. The van der Waals surface area contributed by atoms with Crippen molar-refractivity contribution in [2.24, 2.45) is 0 Å². The van der Waals surface area contributed by atoms with Crippen molar-refractivity contribution >= 4 is 0 Å². The van der Waals surface area contributed by atoms with Crippen molar-refractivity contribution < 1.29 is 13.2 Å². The Morgan fingerprint density at radius 1 is 0.844 bits per heavy atom. The van der Waals surface area contributed by atoms with Gasteiger partial charge < -0.3 is 4.98 Å².